The Bertz CT molecular complexity index is 1680. The van der Waals surface area contributed by atoms with Gasteiger partial charge in [0.1, 0.15) is 11.7 Å². The molecule has 7 rings (SSSR count). The zero-order chi connectivity index (χ0) is 27.5. The first-order chi connectivity index (χ1) is 19.3. The number of benzene rings is 2. The van der Waals surface area contributed by atoms with Crippen molar-refractivity contribution >= 4 is 35.2 Å². The summed E-state index contributed by atoms with van der Waals surface area (Å²) in [4.78, 5) is 27.3. The third-order valence-corrected chi connectivity index (χ3v) is 8.08. The van der Waals surface area contributed by atoms with Crippen LogP contribution in [0.15, 0.2) is 116 Å². The molecule has 3 aliphatic rings. The molecule has 4 aromatic rings. The lowest BCUT2D eigenvalue weighted by molar-refractivity contribution is 0.687. The van der Waals surface area contributed by atoms with E-state index in [4.69, 9.17) is 20.0 Å². The molecule has 0 atom stereocenters. The number of nitrogens with one attached hydrogen (secondary N) is 2. The smallest absolute Gasteiger partial charge is 0.140 e. The lowest BCUT2D eigenvalue weighted by atomic mass is 9.88. The number of aromatic amines is 2. The van der Waals surface area contributed by atoms with Crippen molar-refractivity contribution in [3.05, 3.63) is 130 Å². The van der Waals surface area contributed by atoms with Crippen molar-refractivity contribution in [3.63, 3.8) is 0 Å². The molecule has 0 radical (unpaired) electrons. The number of amidine groups is 2. The zero-order valence-electron chi connectivity index (χ0n) is 23.0. The Labute approximate surface area is 233 Å². The summed E-state index contributed by atoms with van der Waals surface area (Å²) in [6, 6.07) is 29.2. The van der Waals surface area contributed by atoms with Gasteiger partial charge >= 0.3 is 0 Å². The Hall–Kier alpha value is -4.84. The number of hydrogen-bond donors (Lipinski definition) is 2. The summed E-state index contributed by atoms with van der Waals surface area (Å²) in [6.07, 6.45) is 3.78. The van der Waals surface area contributed by atoms with E-state index in [9.17, 15) is 0 Å². The van der Waals surface area contributed by atoms with Gasteiger partial charge in [-0.1, -0.05) is 60.7 Å². The van der Waals surface area contributed by atoms with Gasteiger partial charge in [-0.25, -0.2) is 20.0 Å². The molecule has 0 spiro atoms. The Morgan fingerprint density at radius 1 is 0.500 bits per heavy atom. The highest BCUT2D eigenvalue weighted by Crippen LogP contribution is 2.37. The molecule has 40 heavy (non-hydrogen) atoms. The van der Waals surface area contributed by atoms with Crippen molar-refractivity contribution < 1.29 is 0 Å². The van der Waals surface area contributed by atoms with Crippen LogP contribution < -0.4 is 0 Å². The number of rotatable bonds is 2. The summed E-state index contributed by atoms with van der Waals surface area (Å²) in [5.41, 5.74) is 8.97. The van der Waals surface area contributed by atoms with Gasteiger partial charge in [-0.3, -0.25) is 0 Å². The summed E-state index contributed by atoms with van der Waals surface area (Å²) in [5, 5.41) is 0. The second-order valence-electron chi connectivity index (χ2n) is 11.5. The summed E-state index contributed by atoms with van der Waals surface area (Å²) in [7, 11) is 0. The predicted molar refractivity (Wildman–Crippen MR) is 164 cm³/mol. The highest BCUT2D eigenvalue weighted by atomic mass is 15.0. The van der Waals surface area contributed by atoms with Gasteiger partial charge in [0.25, 0.3) is 0 Å². The van der Waals surface area contributed by atoms with Gasteiger partial charge in [0.15, 0.2) is 0 Å². The molecule has 0 aliphatic carbocycles. The lowest BCUT2D eigenvalue weighted by Crippen LogP contribution is -2.27. The standard InChI is InChI=1S/C34H30N6/c1-33(2)27-17-15-23(37-27)29(21-11-7-5-8-12-21)26-20-36-32(40-26)34(3,4)28-18-16-24(38-28)30(22-13-9-6-10-14-22)25-19-35-31(33)39-25/h5-20,37-38H,1-4H3. The normalized spacial score (nSPS) is 18.8. The number of hydrogen-bond acceptors (Lipinski definition) is 4. The topological polar surface area (TPSA) is 81.0 Å². The van der Waals surface area contributed by atoms with Gasteiger partial charge in [-0.05, 0) is 63.1 Å². The number of H-pyrrole nitrogens is 2. The van der Waals surface area contributed by atoms with E-state index in [0.717, 1.165) is 68.1 Å². The second-order valence-corrected chi connectivity index (χ2v) is 11.5. The van der Waals surface area contributed by atoms with Crippen LogP contribution in [0.5, 0.6) is 0 Å². The average molecular weight is 523 g/mol. The molecule has 2 N–H and O–H groups in total. The average Bonchev–Trinajstić information content (AvgIpc) is 3.78. The van der Waals surface area contributed by atoms with Crippen LogP contribution in [0.4, 0.5) is 0 Å². The van der Waals surface area contributed by atoms with E-state index < -0.39 is 10.8 Å². The SMILES string of the molecule is CC1(C)C2=NC(=C(c3ccccc3)c3ccc([nH]3)C(C)(C)C3=NC(=C(c4ccccc4)c4ccc1[nH]4)C=N3)C=N2. The fraction of sp³-hybridized carbons (Fsp3) is 0.176. The number of nitrogens with zero attached hydrogens (tertiary/aromatic N) is 4. The Balaban J connectivity index is 1.50. The summed E-state index contributed by atoms with van der Waals surface area (Å²) in [6.45, 7) is 8.63. The quantitative estimate of drug-likeness (QED) is 0.282. The fourth-order valence-corrected chi connectivity index (χ4v) is 5.58. The summed E-state index contributed by atoms with van der Waals surface area (Å²) < 4.78 is 0. The Morgan fingerprint density at radius 2 is 0.900 bits per heavy atom. The van der Waals surface area contributed by atoms with Crippen LogP contribution in [0.2, 0.25) is 0 Å². The first-order valence-electron chi connectivity index (χ1n) is 13.6. The van der Waals surface area contributed by atoms with Crippen LogP contribution >= 0.6 is 0 Å². The molecule has 0 fully saturated rings. The summed E-state index contributed by atoms with van der Waals surface area (Å²) in [5.74, 6) is 1.53. The number of aromatic nitrogens is 2. The van der Waals surface area contributed by atoms with Gasteiger partial charge in [0.2, 0.25) is 0 Å². The van der Waals surface area contributed by atoms with Crippen LogP contribution in [0.3, 0.4) is 0 Å². The van der Waals surface area contributed by atoms with Crippen LogP contribution in [0, 0.1) is 0 Å². The number of fused-ring (bicyclic) bond motifs is 6. The van der Waals surface area contributed by atoms with Crippen LogP contribution in [0.1, 0.15) is 61.6 Å². The van der Waals surface area contributed by atoms with E-state index in [0.29, 0.717) is 0 Å². The maximum absolute atomic E-state index is 5.12. The maximum atomic E-state index is 5.12. The molecule has 196 valence electrons. The highest BCUT2D eigenvalue weighted by molar-refractivity contribution is 6.12. The van der Waals surface area contributed by atoms with Crippen molar-refractivity contribution in [1.82, 2.24) is 9.97 Å². The van der Waals surface area contributed by atoms with Crippen LogP contribution in [0.25, 0.3) is 11.1 Å². The molecule has 2 aromatic heterocycles. The molecule has 0 amide bonds. The summed E-state index contributed by atoms with van der Waals surface area (Å²) >= 11 is 0. The Morgan fingerprint density at radius 3 is 1.30 bits per heavy atom. The van der Waals surface area contributed by atoms with Crippen LogP contribution in [-0.2, 0) is 10.8 Å². The van der Waals surface area contributed by atoms with Crippen molar-refractivity contribution in [2.75, 3.05) is 0 Å². The van der Waals surface area contributed by atoms with Gasteiger partial charge in [-0.2, -0.15) is 0 Å². The number of aliphatic imine (C=N–C) groups is 4. The third kappa shape index (κ3) is 3.79. The van der Waals surface area contributed by atoms with E-state index in [2.05, 4.69) is 110 Å². The second kappa shape index (κ2) is 8.85. The molecule has 0 unspecified atom stereocenters. The van der Waals surface area contributed by atoms with E-state index in [1.54, 1.807) is 0 Å². The van der Waals surface area contributed by atoms with Crippen molar-refractivity contribution in [3.8, 4) is 0 Å². The Kier molecular flexibility index (Phi) is 5.36. The minimum Gasteiger partial charge on any atom is -0.358 e. The third-order valence-electron chi connectivity index (χ3n) is 8.08. The minimum atomic E-state index is -0.455. The van der Waals surface area contributed by atoms with E-state index in [1.165, 1.54) is 0 Å². The van der Waals surface area contributed by atoms with Crippen LogP contribution in [-0.4, -0.2) is 34.1 Å². The van der Waals surface area contributed by atoms with E-state index >= 15 is 0 Å². The molecular formula is C34H30N6. The number of allylic oxidation sites excluding steroid dienone is 2. The van der Waals surface area contributed by atoms with Gasteiger partial charge in [0, 0.05) is 33.9 Å². The first kappa shape index (κ1) is 24.2. The zero-order valence-corrected chi connectivity index (χ0v) is 23.0. The lowest BCUT2D eigenvalue weighted by Gasteiger charge is -2.22. The molecule has 3 aliphatic heterocycles. The molecule has 6 heteroatoms. The van der Waals surface area contributed by atoms with Gasteiger partial charge in [0.05, 0.1) is 34.7 Å². The van der Waals surface area contributed by atoms with Gasteiger partial charge in [-0.15, -0.1) is 0 Å². The molecule has 5 heterocycles. The van der Waals surface area contributed by atoms with Crippen molar-refractivity contribution in [2.45, 2.75) is 38.5 Å². The van der Waals surface area contributed by atoms with Crippen molar-refractivity contribution in [2.24, 2.45) is 20.0 Å². The van der Waals surface area contributed by atoms with E-state index in [-0.39, 0.29) is 0 Å². The largest absolute Gasteiger partial charge is 0.358 e. The molecular weight excluding hydrogens is 492 g/mol. The highest BCUT2D eigenvalue weighted by Gasteiger charge is 2.35. The molecule has 8 bridgehead atoms. The molecule has 0 saturated heterocycles. The maximum Gasteiger partial charge on any atom is 0.140 e. The molecule has 2 aromatic carbocycles. The first-order valence-corrected chi connectivity index (χ1v) is 13.6. The van der Waals surface area contributed by atoms with E-state index in [1.807, 2.05) is 24.6 Å². The van der Waals surface area contributed by atoms with Gasteiger partial charge < -0.3 is 9.97 Å². The monoisotopic (exact) mass is 522 g/mol. The molecule has 0 saturated carbocycles. The predicted octanol–water partition coefficient (Wildman–Crippen LogP) is 7.10. The minimum absolute atomic E-state index is 0.455. The van der Waals surface area contributed by atoms with Crippen molar-refractivity contribution in [1.29, 1.82) is 0 Å². The fourth-order valence-electron chi connectivity index (χ4n) is 5.58. The molecule has 6 nitrogen and oxygen atoms in total.